The van der Waals surface area contributed by atoms with Gasteiger partial charge in [-0.2, -0.15) is 8.78 Å². The fourth-order valence-corrected chi connectivity index (χ4v) is 4.70. The molecule has 0 N–H and O–H groups in total. The van der Waals surface area contributed by atoms with Gasteiger partial charge in [0.05, 0.1) is 0 Å². The van der Waals surface area contributed by atoms with Crippen molar-refractivity contribution in [2.24, 2.45) is 0 Å². The van der Waals surface area contributed by atoms with Crippen LogP contribution in [0.25, 0.3) is 22.8 Å². The van der Waals surface area contributed by atoms with Crippen LogP contribution in [0.3, 0.4) is 0 Å². The number of hydrogen-bond donors (Lipinski definition) is 0. The van der Waals surface area contributed by atoms with E-state index in [9.17, 15) is 13.6 Å². The van der Waals surface area contributed by atoms with Gasteiger partial charge >= 0.3 is 6.61 Å². The maximum Gasteiger partial charge on any atom is 0.387 e. The van der Waals surface area contributed by atoms with Crippen LogP contribution < -0.4 is 9.64 Å². The van der Waals surface area contributed by atoms with Gasteiger partial charge in [0, 0.05) is 22.9 Å². The van der Waals surface area contributed by atoms with E-state index in [4.69, 9.17) is 4.74 Å². The molecule has 0 saturated carbocycles. The van der Waals surface area contributed by atoms with Crippen LogP contribution in [0.15, 0.2) is 103 Å². The molecule has 0 fully saturated rings. The molecule has 1 aliphatic rings. The maximum atomic E-state index is 14.1. The molecule has 0 aliphatic carbocycles. The zero-order chi connectivity index (χ0) is 25.1. The Kier molecular flexibility index (Phi) is 6.63. The molecule has 0 spiro atoms. The van der Waals surface area contributed by atoms with E-state index in [2.05, 4.69) is 0 Å². The molecule has 0 radical (unpaired) electrons. The van der Waals surface area contributed by atoms with Crippen LogP contribution >= 0.6 is 0 Å². The lowest BCUT2D eigenvalue weighted by Gasteiger charge is -2.24. The summed E-state index contributed by atoms with van der Waals surface area (Å²) in [6, 6.07) is 32.0. The Morgan fingerprint density at radius 3 is 2.25 bits per heavy atom. The summed E-state index contributed by atoms with van der Waals surface area (Å²) in [4.78, 5) is 15.9. The number of ether oxygens (including phenoxy) is 1. The first kappa shape index (κ1) is 23.5. The van der Waals surface area contributed by atoms with E-state index in [1.54, 1.807) is 29.2 Å². The highest BCUT2D eigenvalue weighted by Gasteiger charge is 2.32. The molecule has 0 saturated heterocycles. The van der Waals surface area contributed by atoms with Gasteiger partial charge in [0.2, 0.25) is 0 Å². The Labute approximate surface area is 209 Å². The molecule has 1 heterocycles. The molecule has 4 aromatic rings. The third-order valence-electron chi connectivity index (χ3n) is 6.39. The summed E-state index contributed by atoms with van der Waals surface area (Å²) < 4.78 is 30.9. The van der Waals surface area contributed by atoms with Gasteiger partial charge in [0.15, 0.2) is 0 Å². The van der Waals surface area contributed by atoms with Crippen molar-refractivity contribution in [2.45, 2.75) is 26.0 Å². The van der Waals surface area contributed by atoms with Crippen LogP contribution in [0, 0.1) is 0 Å². The molecule has 5 heteroatoms. The lowest BCUT2D eigenvalue weighted by molar-refractivity contribution is -0.113. The standard InChI is InChI=1S/C31H25F2NO2/c1-21-19-25-11-5-7-13-28(25)34(21)30(35)27(20-26-12-6-8-14-29(26)36-31(32)33)24-17-15-23(16-18-24)22-9-3-2-4-10-22/h2-18,20-21,31H,19H2,1H3/b27-20-. The number of nitrogens with zero attached hydrogens (tertiary/aromatic N) is 1. The molecule has 36 heavy (non-hydrogen) atoms. The van der Waals surface area contributed by atoms with Gasteiger partial charge in [0.1, 0.15) is 5.75 Å². The predicted molar refractivity (Wildman–Crippen MR) is 140 cm³/mol. The number of fused-ring (bicyclic) bond motifs is 1. The van der Waals surface area contributed by atoms with Gasteiger partial charge in [-0.15, -0.1) is 0 Å². The number of carbonyl (C=O) groups is 1. The fraction of sp³-hybridized carbons (Fsp3) is 0.129. The molecule has 1 unspecified atom stereocenters. The highest BCUT2D eigenvalue weighted by Crippen LogP contribution is 2.36. The number of anilines is 1. The van der Waals surface area contributed by atoms with Crippen molar-refractivity contribution in [3.05, 3.63) is 120 Å². The highest BCUT2D eigenvalue weighted by atomic mass is 19.3. The quantitative estimate of drug-likeness (QED) is 0.211. The van der Waals surface area contributed by atoms with Crippen molar-refractivity contribution in [3.63, 3.8) is 0 Å². The van der Waals surface area contributed by atoms with Gasteiger partial charge in [-0.1, -0.05) is 91.0 Å². The van der Waals surface area contributed by atoms with E-state index in [1.807, 2.05) is 85.8 Å². The lowest BCUT2D eigenvalue weighted by Crippen LogP contribution is -2.36. The average molecular weight is 482 g/mol. The number of carbonyl (C=O) groups excluding carboxylic acids is 1. The molecule has 1 atom stereocenters. The van der Waals surface area contributed by atoms with Gasteiger partial charge in [-0.05, 0) is 53.8 Å². The minimum absolute atomic E-state index is 0.0218. The molecule has 5 rings (SSSR count). The minimum Gasteiger partial charge on any atom is -0.434 e. The Morgan fingerprint density at radius 2 is 1.50 bits per heavy atom. The number of benzene rings is 4. The Bertz CT molecular complexity index is 1400. The van der Waals surface area contributed by atoms with Crippen molar-refractivity contribution >= 4 is 23.2 Å². The zero-order valence-electron chi connectivity index (χ0n) is 19.8. The van der Waals surface area contributed by atoms with Crippen LogP contribution in [-0.4, -0.2) is 18.6 Å². The van der Waals surface area contributed by atoms with Crippen LogP contribution in [0.2, 0.25) is 0 Å². The van der Waals surface area contributed by atoms with Crippen molar-refractivity contribution in [2.75, 3.05) is 4.90 Å². The molecule has 0 aromatic heterocycles. The molecule has 0 bridgehead atoms. The summed E-state index contributed by atoms with van der Waals surface area (Å²) in [5.41, 5.74) is 5.59. The number of amides is 1. The van der Waals surface area contributed by atoms with E-state index < -0.39 is 6.61 Å². The summed E-state index contributed by atoms with van der Waals surface area (Å²) in [6.07, 6.45) is 2.40. The van der Waals surface area contributed by atoms with Crippen LogP contribution in [0.1, 0.15) is 23.6 Å². The van der Waals surface area contributed by atoms with Gasteiger partial charge in [0.25, 0.3) is 5.91 Å². The number of rotatable bonds is 6. The third-order valence-corrected chi connectivity index (χ3v) is 6.39. The first-order valence-electron chi connectivity index (χ1n) is 11.8. The smallest absolute Gasteiger partial charge is 0.387 e. The van der Waals surface area contributed by atoms with Gasteiger partial charge in [-0.3, -0.25) is 4.79 Å². The largest absolute Gasteiger partial charge is 0.434 e. The van der Waals surface area contributed by atoms with Crippen molar-refractivity contribution in [1.82, 2.24) is 0 Å². The topological polar surface area (TPSA) is 29.5 Å². The predicted octanol–water partition coefficient (Wildman–Crippen LogP) is 7.47. The second-order valence-electron chi connectivity index (χ2n) is 8.77. The van der Waals surface area contributed by atoms with Crippen molar-refractivity contribution < 1.29 is 18.3 Å². The second kappa shape index (κ2) is 10.2. The first-order chi connectivity index (χ1) is 17.5. The van der Waals surface area contributed by atoms with Crippen molar-refractivity contribution in [1.29, 1.82) is 0 Å². The molecule has 1 amide bonds. The molecule has 1 aliphatic heterocycles. The Hall–Kier alpha value is -4.25. The number of para-hydroxylation sites is 2. The maximum absolute atomic E-state index is 14.1. The van der Waals surface area contributed by atoms with E-state index in [0.717, 1.165) is 28.8 Å². The summed E-state index contributed by atoms with van der Waals surface area (Å²) >= 11 is 0. The SMILES string of the molecule is CC1Cc2ccccc2N1C(=O)/C(=C\c1ccccc1OC(F)F)c1ccc(-c2ccccc2)cc1. The monoisotopic (exact) mass is 481 g/mol. The Morgan fingerprint density at radius 1 is 0.861 bits per heavy atom. The van der Waals surface area contributed by atoms with E-state index in [0.29, 0.717) is 16.7 Å². The normalized spacial score (nSPS) is 15.2. The molecular weight excluding hydrogens is 456 g/mol. The fourth-order valence-electron chi connectivity index (χ4n) is 4.70. The minimum atomic E-state index is -2.96. The third kappa shape index (κ3) is 4.78. The summed E-state index contributed by atoms with van der Waals surface area (Å²) in [5.74, 6) is -0.166. The van der Waals surface area contributed by atoms with E-state index in [1.165, 1.54) is 6.07 Å². The lowest BCUT2D eigenvalue weighted by atomic mass is 9.97. The zero-order valence-corrected chi connectivity index (χ0v) is 19.8. The average Bonchev–Trinajstić information content (AvgIpc) is 3.24. The van der Waals surface area contributed by atoms with Crippen LogP contribution in [0.5, 0.6) is 5.75 Å². The summed E-state index contributed by atoms with van der Waals surface area (Å²) in [7, 11) is 0. The van der Waals surface area contributed by atoms with E-state index in [-0.39, 0.29) is 17.7 Å². The van der Waals surface area contributed by atoms with Crippen molar-refractivity contribution in [3.8, 4) is 16.9 Å². The summed E-state index contributed by atoms with van der Waals surface area (Å²) in [6.45, 7) is -0.948. The Balaban J connectivity index is 1.60. The van der Waals surface area contributed by atoms with E-state index >= 15 is 0 Å². The number of halogens is 2. The number of hydrogen-bond acceptors (Lipinski definition) is 2. The highest BCUT2D eigenvalue weighted by molar-refractivity contribution is 6.30. The molecule has 180 valence electrons. The molecular formula is C31H25F2NO2. The molecule has 4 aromatic carbocycles. The van der Waals surface area contributed by atoms with Gasteiger partial charge < -0.3 is 9.64 Å². The number of alkyl halides is 2. The molecule has 3 nitrogen and oxygen atoms in total. The van der Waals surface area contributed by atoms with Crippen LogP contribution in [0.4, 0.5) is 14.5 Å². The summed E-state index contributed by atoms with van der Waals surface area (Å²) in [5, 5.41) is 0. The first-order valence-corrected chi connectivity index (χ1v) is 11.8. The van der Waals surface area contributed by atoms with Gasteiger partial charge in [-0.25, -0.2) is 0 Å². The van der Waals surface area contributed by atoms with Crippen LogP contribution in [-0.2, 0) is 11.2 Å². The second-order valence-corrected chi connectivity index (χ2v) is 8.77.